The Labute approximate surface area is 75.3 Å². The van der Waals surface area contributed by atoms with E-state index in [1.165, 1.54) is 6.08 Å². The van der Waals surface area contributed by atoms with E-state index >= 15 is 0 Å². The molecule has 0 spiro atoms. The molecule has 1 N–H and O–H groups in total. The van der Waals surface area contributed by atoms with Crippen molar-refractivity contribution < 1.29 is 0 Å². The van der Waals surface area contributed by atoms with Crippen LogP contribution >= 0.6 is 0 Å². The van der Waals surface area contributed by atoms with Crippen molar-refractivity contribution in [1.29, 1.82) is 5.41 Å². The molecule has 13 heavy (non-hydrogen) atoms. The molecule has 0 saturated carbocycles. The zero-order valence-electron chi connectivity index (χ0n) is 6.86. The molecule has 0 aliphatic rings. The van der Waals surface area contributed by atoms with Gasteiger partial charge in [0.25, 0.3) is 0 Å². The predicted octanol–water partition coefficient (Wildman–Crippen LogP) is 1.89. The highest BCUT2D eigenvalue weighted by atomic mass is 14.8. The summed E-state index contributed by atoms with van der Waals surface area (Å²) in [5, 5.41) is 6.77. The van der Waals surface area contributed by atoms with Crippen molar-refractivity contribution in [3.05, 3.63) is 36.2 Å². The third-order valence-corrected chi connectivity index (χ3v) is 1.69. The summed E-state index contributed by atoms with van der Waals surface area (Å²) in [7, 11) is 0. The molecule has 0 unspecified atom stereocenters. The van der Waals surface area contributed by atoms with E-state index in [0.717, 1.165) is 11.0 Å². The zero-order valence-corrected chi connectivity index (χ0v) is 6.86. The number of hydrogen-bond donors (Lipinski definition) is 1. The number of hydrogen-bond acceptors (Lipinski definition) is 3. The third-order valence-electron chi connectivity index (χ3n) is 1.69. The van der Waals surface area contributed by atoms with E-state index < -0.39 is 0 Å². The van der Waals surface area contributed by atoms with Crippen LogP contribution in [0, 0.1) is 5.41 Å². The van der Waals surface area contributed by atoms with Crippen LogP contribution in [-0.2, 0) is 0 Å². The minimum Gasteiger partial charge on any atom is -0.259 e. The van der Waals surface area contributed by atoms with Crippen LogP contribution in [0.25, 0.3) is 17.1 Å². The highest BCUT2D eigenvalue weighted by molar-refractivity contribution is 5.79. The second-order valence-electron chi connectivity index (χ2n) is 2.57. The Morgan fingerprint density at radius 1 is 1.23 bits per heavy atom. The first-order valence-corrected chi connectivity index (χ1v) is 3.87. The average Bonchev–Trinajstić information content (AvgIpc) is 2.18. The fourth-order valence-corrected chi connectivity index (χ4v) is 1.11. The van der Waals surface area contributed by atoms with Gasteiger partial charge in [0.1, 0.15) is 0 Å². The first-order chi connectivity index (χ1) is 6.40. The van der Waals surface area contributed by atoms with Gasteiger partial charge in [0.2, 0.25) is 0 Å². The van der Waals surface area contributed by atoms with Crippen LogP contribution < -0.4 is 0 Å². The lowest BCUT2D eigenvalue weighted by Crippen LogP contribution is -1.86. The van der Waals surface area contributed by atoms with Crippen LogP contribution in [0.15, 0.2) is 30.5 Å². The molecule has 0 radical (unpaired) electrons. The topological polar surface area (TPSA) is 49.6 Å². The highest BCUT2D eigenvalue weighted by Crippen LogP contribution is 2.08. The van der Waals surface area contributed by atoms with Crippen LogP contribution in [-0.4, -0.2) is 15.8 Å². The summed E-state index contributed by atoms with van der Waals surface area (Å²) in [6.07, 6.45) is 3.11. The van der Waals surface area contributed by atoms with Gasteiger partial charge in [-0.1, -0.05) is 12.1 Å². The van der Waals surface area contributed by atoms with Crippen LogP contribution in [0.2, 0.25) is 0 Å². The van der Waals surface area contributed by atoms with Crippen molar-refractivity contribution in [2.75, 3.05) is 0 Å². The van der Waals surface area contributed by atoms with Gasteiger partial charge in [-0.3, -0.25) is 10.4 Å². The van der Waals surface area contributed by atoms with Gasteiger partial charge in [-0.15, -0.1) is 0 Å². The number of rotatable bonds is 1. The summed E-state index contributed by atoms with van der Waals surface area (Å²) in [6.45, 7) is 0. The van der Waals surface area contributed by atoms with E-state index in [4.69, 9.17) is 5.41 Å². The van der Waals surface area contributed by atoms with Gasteiger partial charge in [0, 0.05) is 6.08 Å². The Hall–Kier alpha value is -1.99. The van der Waals surface area contributed by atoms with Gasteiger partial charge in [0.15, 0.2) is 0 Å². The zero-order chi connectivity index (χ0) is 9.10. The van der Waals surface area contributed by atoms with Crippen LogP contribution in [0.4, 0.5) is 0 Å². The summed E-state index contributed by atoms with van der Waals surface area (Å²) in [5.74, 6) is 2.17. The van der Waals surface area contributed by atoms with E-state index in [1.807, 2.05) is 24.3 Å². The molecular formula is C10H7N3. The first kappa shape index (κ1) is 7.65. The molecule has 2 aromatic rings. The number of benzene rings is 1. The van der Waals surface area contributed by atoms with Gasteiger partial charge >= 0.3 is 0 Å². The maximum absolute atomic E-state index is 6.77. The van der Waals surface area contributed by atoms with Gasteiger partial charge in [-0.05, 0) is 18.0 Å². The Kier molecular flexibility index (Phi) is 1.87. The summed E-state index contributed by atoms with van der Waals surface area (Å²) in [5.41, 5.74) is 2.37. The fraction of sp³-hybridized carbons (Fsp3) is 0. The fourth-order valence-electron chi connectivity index (χ4n) is 1.11. The highest BCUT2D eigenvalue weighted by Gasteiger charge is 1.94. The summed E-state index contributed by atoms with van der Waals surface area (Å²) < 4.78 is 0. The quantitative estimate of drug-likeness (QED) is 0.663. The number of nitrogens with one attached hydrogen (secondary N) is 1. The molecule has 3 heteroatoms. The number of para-hydroxylation sites is 2. The van der Waals surface area contributed by atoms with E-state index in [2.05, 4.69) is 15.8 Å². The molecule has 0 saturated heterocycles. The Morgan fingerprint density at radius 3 is 2.77 bits per heavy atom. The molecule has 3 nitrogen and oxygen atoms in total. The second kappa shape index (κ2) is 3.17. The van der Waals surface area contributed by atoms with Gasteiger partial charge in [-0.2, -0.15) is 0 Å². The normalized spacial score (nSPS) is 9.54. The summed E-state index contributed by atoms with van der Waals surface area (Å²) >= 11 is 0. The molecule has 0 atom stereocenters. The molecule has 1 aromatic heterocycles. The number of nitrogens with zero attached hydrogens (tertiary/aromatic N) is 2. The first-order valence-electron chi connectivity index (χ1n) is 3.87. The number of fused-ring (bicyclic) bond motifs is 1. The molecule has 0 fully saturated rings. The largest absolute Gasteiger partial charge is 0.259 e. The molecule has 62 valence electrons. The van der Waals surface area contributed by atoms with Crippen molar-refractivity contribution >= 4 is 23.0 Å². The van der Waals surface area contributed by atoms with Gasteiger partial charge < -0.3 is 0 Å². The lowest BCUT2D eigenvalue weighted by atomic mass is 10.3. The minimum absolute atomic E-state index is 0.661. The maximum atomic E-state index is 6.77. The number of aromatic nitrogens is 2. The van der Waals surface area contributed by atoms with Crippen molar-refractivity contribution in [3.8, 4) is 0 Å². The van der Waals surface area contributed by atoms with Crippen LogP contribution in [0.5, 0.6) is 0 Å². The van der Waals surface area contributed by atoms with Crippen molar-refractivity contribution in [1.82, 2.24) is 9.97 Å². The molecule has 0 amide bonds. The van der Waals surface area contributed by atoms with Gasteiger partial charge in [-0.25, -0.2) is 4.98 Å². The molecular weight excluding hydrogens is 162 g/mol. The predicted molar refractivity (Wildman–Crippen MR) is 51.7 cm³/mol. The van der Waals surface area contributed by atoms with Crippen molar-refractivity contribution in [2.45, 2.75) is 0 Å². The maximum Gasteiger partial charge on any atom is 0.0913 e. The van der Waals surface area contributed by atoms with Crippen molar-refractivity contribution in [2.24, 2.45) is 0 Å². The summed E-state index contributed by atoms with van der Waals surface area (Å²) in [4.78, 5) is 8.45. The van der Waals surface area contributed by atoms with Crippen molar-refractivity contribution in [3.63, 3.8) is 0 Å². The Morgan fingerprint density at radius 2 is 2.00 bits per heavy atom. The second-order valence-corrected chi connectivity index (χ2v) is 2.57. The molecule has 0 aliphatic heterocycles. The van der Waals surface area contributed by atoms with Gasteiger partial charge in [0.05, 0.1) is 22.9 Å². The molecule has 0 aliphatic carbocycles. The Balaban J connectivity index is 2.68. The van der Waals surface area contributed by atoms with Crippen LogP contribution in [0.3, 0.4) is 0 Å². The lowest BCUT2D eigenvalue weighted by Gasteiger charge is -1.95. The smallest absolute Gasteiger partial charge is 0.0913 e. The van der Waals surface area contributed by atoms with Crippen LogP contribution in [0.1, 0.15) is 5.69 Å². The lowest BCUT2D eigenvalue weighted by molar-refractivity contribution is 1.27. The van der Waals surface area contributed by atoms with E-state index in [0.29, 0.717) is 5.69 Å². The molecule has 1 heterocycles. The standard InChI is InChI=1S/C10H7N3/c11-6-5-8-7-12-9-3-1-2-4-10(9)13-8/h1-5,7,11H. The van der Waals surface area contributed by atoms with E-state index in [9.17, 15) is 0 Å². The van der Waals surface area contributed by atoms with E-state index in [1.54, 1.807) is 6.20 Å². The molecule has 0 bridgehead atoms. The molecule has 2 rings (SSSR count). The Bertz CT molecular complexity index is 484. The monoisotopic (exact) mass is 169 g/mol. The van der Waals surface area contributed by atoms with E-state index in [-0.39, 0.29) is 0 Å². The molecule has 1 aromatic carbocycles. The third kappa shape index (κ3) is 1.45. The summed E-state index contributed by atoms with van der Waals surface area (Å²) in [6, 6.07) is 7.63. The minimum atomic E-state index is 0.661. The SMILES string of the molecule is N=C=Cc1cnc2ccccc2n1. The average molecular weight is 169 g/mol.